The van der Waals surface area contributed by atoms with E-state index in [9.17, 15) is 8.42 Å². The fourth-order valence-electron chi connectivity index (χ4n) is 2.74. The van der Waals surface area contributed by atoms with Crippen molar-refractivity contribution in [1.29, 1.82) is 0 Å². The summed E-state index contributed by atoms with van der Waals surface area (Å²) in [6.45, 7) is 0. The van der Waals surface area contributed by atoms with Gasteiger partial charge < -0.3 is 4.74 Å². The summed E-state index contributed by atoms with van der Waals surface area (Å²) in [5, 5.41) is 0.115. The number of sulfonamides is 1. The molecule has 2 rings (SSSR count). The Morgan fingerprint density at radius 2 is 1.64 bits per heavy atom. The van der Waals surface area contributed by atoms with Crippen LogP contribution in [0.4, 0.5) is 0 Å². The fourth-order valence-corrected chi connectivity index (χ4v) is 4.88. The van der Waals surface area contributed by atoms with Gasteiger partial charge >= 0.3 is 0 Å². The zero-order valence-electron chi connectivity index (χ0n) is 12.6. The van der Waals surface area contributed by atoms with Crippen molar-refractivity contribution in [3.05, 3.63) is 22.2 Å². The smallest absolute Gasteiger partial charge is 0.242 e. The van der Waals surface area contributed by atoms with Crippen LogP contribution < -0.4 is 9.46 Å². The Labute approximate surface area is 142 Å². The molecule has 0 saturated heterocycles. The number of hydrogen-bond acceptors (Lipinski definition) is 3. The van der Waals surface area contributed by atoms with Crippen LogP contribution >= 0.6 is 23.2 Å². The molecule has 1 saturated carbocycles. The van der Waals surface area contributed by atoms with Gasteiger partial charge in [0.1, 0.15) is 15.7 Å². The van der Waals surface area contributed by atoms with Gasteiger partial charge in [-0.15, -0.1) is 0 Å². The van der Waals surface area contributed by atoms with Crippen LogP contribution in [0.1, 0.15) is 44.9 Å². The van der Waals surface area contributed by atoms with E-state index in [2.05, 4.69) is 4.72 Å². The van der Waals surface area contributed by atoms with Gasteiger partial charge in [-0.2, -0.15) is 0 Å². The lowest BCUT2D eigenvalue weighted by Crippen LogP contribution is -2.35. The lowest BCUT2D eigenvalue weighted by atomic mass is 9.97. The highest BCUT2D eigenvalue weighted by atomic mass is 35.5. The zero-order valence-corrected chi connectivity index (χ0v) is 14.9. The first-order chi connectivity index (χ1) is 10.5. The molecule has 0 spiro atoms. The van der Waals surface area contributed by atoms with Gasteiger partial charge in [0.2, 0.25) is 10.0 Å². The lowest BCUT2D eigenvalue weighted by Gasteiger charge is -2.21. The molecule has 0 bridgehead atoms. The average Bonchev–Trinajstić information content (AvgIpc) is 2.44. The minimum atomic E-state index is -3.69. The van der Waals surface area contributed by atoms with Gasteiger partial charge in [-0.3, -0.25) is 0 Å². The van der Waals surface area contributed by atoms with Gasteiger partial charge in [0, 0.05) is 6.04 Å². The van der Waals surface area contributed by atoms with Crippen LogP contribution in [0.5, 0.6) is 5.75 Å². The monoisotopic (exact) mass is 365 g/mol. The summed E-state index contributed by atoms with van der Waals surface area (Å²) in [5.41, 5.74) is 0. The van der Waals surface area contributed by atoms with E-state index in [-0.39, 0.29) is 21.0 Å². The molecule has 124 valence electrons. The molecule has 1 aromatic carbocycles. The minimum absolute atomic E-state index is 0.000592. The Hall–Kier alpha value is -0.490. The molecule has 22 heavy (non-hydrogen) atoms. The number of benzene rings is 1. The minimum Gasteiger partial charge on any atom is -0.495 e. The third-order valence-corrected chi connectivity index (χ3v) is 6.49. The predicted molar refractivity (Wildman–Crippen MR) is 89.4 cm³/mol. The highest BCUT2D eigenvalue weighted by Crippen LogP contribution is 2.36. The number of methoxy groups -OCH3 is 1. The van der Waals surface area contributed by atoms with E-state index in [0.717, 1.165) is 38.5 Å². The molecule has 1 N–H and O–H groups in total. The van der Waals surface area contributed by atoms with E-state index in [1.807, 2.05) is 0 Å². The molecule has 1 aromatic rings. The Balaban J connectivity index is 2.21. The highest BCUT2D eigenvalue weighted by molar-refractivity contribution is 7.89. The number of halogens is 2. The van der Waals surface area contributed by atoms with E-state index in [0.29, 0.717) is 5.75 Å². The van der Waals surface area contributed by atoms with E-state index in [1.54, 1.807) is 0 Å². The summed E-state index contributed by atoms with van der Waals surface area (Å²) in [7, 11) is -2.23. The Bertz CT molecular complexity index is 611. The third-order valence-electron chi connectivity index (χ3n) is 3.95. The third kappa shape index (κ3) is 4.28. The molecule has 0 atom stereocenters. The zero-order chi connectivity index (χ0) is 16.2. The Morgan fingerprint density at radius 3 is 2.23 bits per heavy atom. The van der Waals surface area contributed by atoms with Crippen LogP contribution in [-0.2, 0) is 10.0 Å². The summed E-state index contributed by atoms with van der Waals surface area (Å²) in [6, 6.07) is 2.90. The summed E-state index contributed by atoms with van der Waals surface area (Å²) in [6.07, 6.45) is 7.37. The standard InChI is InChI=1S/C15H21Cl2NO3S/c1-21-12-9-10-13(15(17)14(12)16)22(19,20)18-11-7-5-3-2-4-6-8-11/h9-11,18H,2-8H2,1H3. The molecule has 0 unspecified atom stereocenters. The molecular weight excluding hydrogens is 345 g/mol. The van der Waals surface area contributed by atoms with Crippen molar-refractivity contribution >= 4 is 33.2 Å². The normalized spacial score (nSPS) is 17.8. The second-order valence-corrected chi connectivity index (χ2v) is 8.00. The molecular formula is C15H21Cl2NO3S. The molecule has 7 heteroatoms. The van der Waals surface area contributed by atoms with Gasteiger partial charge in [-0.25, -0.2) is 13.1 Å². The van der Waals surface area contributed by atoms with Crippen LogP contribution in [-0.4, -0.2) is 21.6 Å². The first-order valence-corrected chi connectivity index (χ1v) is 9.74. The molecule has 0 aromatic heterocycles. The molecule has 1 aliphatic carbocycles. The number of ether oxygens (including phenoxy) is 1. The molecule has 0 aliphatic heterocycles. The molecule has 4 nitrogen and oxygen atoms in total. The lowest BCUT2D eigenvalue weighted by molar-refractivity contribution is 0.414. The molecule has 0 amide bonds. The van der Waals surface area contributed by atoms with E-state index >= 15 is 0 Å². The van der Waals surface area contributed by atoms with Crippen LogP contribution in [0.15, 0.2) is 17.0 Å². The number of rotatable bonds is 4. The SMILES string of the molecule is COc1ccc(S(=O)(=O)NC2CCCCCCC2)c(Cl)c1Cl. The predicted octanol–water partition coefficient (Wildman–Crippen LogP) is 4.39. The van der Waals surface area contributed by atoms with Crippen molar-refractivity contribution in [2.75, 3.05) is 7.11 Å². The van der Waals surface area contributed by atoms with Crippen molar-refractivity contribution in [2.45, 2.75) is 55.9 Å². The summed E-state index contributed by atoms with van der Waals surface area (Å²) >= 11 is 12.2. The second-order valence-electron chi connectivity index (χ2n) is 5.56. The van der Waals surface area contributed by atoms with E-state index in [1.165, 1.54) is 25.7 Å². The van der Waals surface area contributed by atoms with Gasteiger partial charge in [-0.05, 0) is 25.0 Å². The number of hydrogen-bond donors (Lipinski definition) is 1. The summed E-state index contributed by atoms with van der Waals surface area (Å²) in [4.78, 5) is 0.00188. The van der Waals surface area contributed by atoms with Crippen LogP contribution in [0.25, 0.3) is 0 Å². The maximum Gasteiger partial charge on any atom is 0.242 e. The Kier molecular flexibility index (Phi) is 6.38. The first-order valence-electron chi connectivity index (χ1n) is 7.50. The van der Waals surface area contributed by atoms with Crippen molar-refractivity contribution in [1.82, 2.24) is 4.72 Å². The van der Waals surface area contributed by atoms with Crippen molar-refractivity contribution in [3.8, 4) is 5.75 Å². The molecule has 1 fully saturated rings. The highest BCUT2D eigenvalue weighted by Gasteiger charge is 2.25. The first kappa shape index (κ1) is 17.9. The fraction of sp³-hybridized carbons (Fsp3) is 0.600. The van der Waals surface area contributed by atoms with Crippen molar-refractivity contribution in [2.24, 2.45) is 0 Å². The van der Waals surface area contributed by atoms with E-state index < -0.39 is 10.0 Å². The number of nitrogens with one attached hydrogen (secondary N) is 1. The Morgan fingerprint density at radius 1 is 1.05 bits per heavy atom. The second kappa shape index (κ2) is 7.86. The molecule has 0 heterocycles. The van der Waals surface area contributed by atoms with Gasteiger partial charge in [0.25, 0.3) is 0 Å². The van der Waals surface area contributed by atoms with Gasteiger partial charge in [0.15, 0.2) is 0 Å². The molecule has 1 aliphatic rings. The summed E-state index contributed by atoms with van der Waals surface area (Å²) < 4.78 is 33.0. The van der Waals surface area contributed by atoms with Crippen LogP contribution in [0.3, 0.4) is 0 Å². The van der Waals surface area contributed by atoms with Crippen LogP contribution in [0, 0.1) is 0 Å². The van der Waals surface area contributed by atoms with Gasteiger partial charge in [-0.1, -0.05) is 55.3 Å². The summed E-state index contributed by atoms with van der Waals surface area (Å²) in [5.74, 6) is 0.358. The molecule has 0 radical (unpaired) electrons. The largest absolute Gasteiger partial charge is 0.495 e. The van der Waals surface area contributed by atoms with E-state index in [4.69, 9.17) is 27.9 Å². The maximum absolute atomic E-state index is 12.6. The quantitative estimate of drug-likeness (QED) is 0.860. The van der Waals surface area contributed by atoms with Crippen molar-refractivity contribution in [3.63, 3.8) is 0 Å². The maximum atomic E-state index is 12.6. The average molecular weight is 366 g/mol. The van der Waals surface area contributed by atoms with Gasteiger partial charge in [0.05, 0.1) is 12.1 Å². The van der Waals surface area contributed by atoms with Crippen LogP contribution in [0.2, 0.25) is 10.0 Å². The topological polar surface area (TPSA) is 55.4 Å². The van der Waals surface area contributed by atoms with Crippen molar-refractivity contribution < 1.29 is 13.2 Å².